The first-order valence-corrected chi connectivity index (χ1v) is 25.9. The molecule has 2 unspecified atom stereocenters. The zero-order chi connectivity index (χ0) is 46.2. The highest BCUT2D eigenvalue weighted by atomic mass is 31.2. The molecule has 0 aromatic heterocycles. The molecule has 0 bridgehead atoms. The smallest absolute Gasteiger partial charge is 0.192 e. The molecule has 0 aliphatic heterocycles. The van der Waals surface area contributed by atoms with E-state index < -0.39 is 18.5 Å². The molecule has 1 aliphatic rings. The van der Waals surface area contributed by atoms with Gasteiger partial charge in [-0.3, -0.25) is 0 Å². The van der Waals surface area contributed by atoms with Crippen molar-refractivity contribution in [3.8, 4) is 0 Å². The number of hydrogen-bond donors (Lipinski definition) is 3. The van der Waals surface area contributed by atoms with Crippen LogP contribution in [0.15, 0.2) is 48.5 Å². The molecule has 4 aromatic carbocycles. The summed E-state index contributed by atoms with van der Waals surface area (Å²) in [7, 11) is -4.64. The summed E-state index contributed by atoms with van der Waals surface area (Å²) in [5.74, 6) is 0. The van der Waals surface area contributed by atoms with Crippen LogP contribution in [0.5, 0.6) is 0 Å². The van der Waals surface area contributed by atoms with Crippen LogP contribution in [0.2, 0.25) is 0 Å². The minimum Gasteiger partial charge on any atom is -0.192 e. The molecule has 0 spiro atoms. The summed E-state index contributed by atoms with van der Waals surface area (Å²) in [4.78, 5) is 38.1. The van der Waals surface area contributed by atoms with Crippen LogP contribution in [0.3, 0.4) is 0 Å². The SMILES string of the molecule is CCC(C)(C)c1cc(C(C)(C)CC)c2cc(C3(C)CCCCC3(c3cc4c(C(C)(C)CC)cc(C(C)(C)CC)cc4cc3C(C)(C)CC)[P+](O)(O)O)c(C(C)(C)CC)cc2c1. The van der Waals surface area contributed by atoms with Crippen LogP contribution >= 0.6 is 7.94 Å². The van der Waals surface area contributed by atoms with Gasteiger partial charge in [0, 0.05) is 11.0 Å². The van der Waals surface area contributed by atoms with E-state index in [2.05, 4.69) is 180 Å². The predicted octanol–water partition coefficient (Wildman–Crippen LogP) is 16.6. The van der Waals surface area contributed by atoms with Crippen LogP contribution in [0.4, 0.5) is 0 Å². The second-order valence-corrected chi connectivity index (χ2v) is 25.6. The molecule has 0 radical (unpaired) electrons. The summed E-state index contributed by atoms with van der Waals surface area (Å²) in [6.45, 7) is 44.2. The number of rotatable bonds is 15. The van der Waals surface area contributed by atoms with Gasteiger partial charge in [-0.25, -0.2) is 0 Å². The van der Waals surface area contributed by atoms with Gasteiger partial charge in [0.05, 0.1) is 0 Å². The topological polar surface area (TPSA) is 60.7 Å². The maximum Gasteiger partial charge on any atom is 0.415 e. The van der Waals surface area contributed by atoms with Gasteiger partial charge in [-0.1, -0.05) is 174 Å². The molecular formula is C57H88O3P+. The first-order valence-electron chi connectivity index (χ1n) is 24.3. The lowest BCUT2D eigenvalue weighted by molar-refractivity contribution is 0.161. The molecule has 3 nitrogen and oxygen atoms in total. The minimum absolute atomic E-state index is 0.00612. The van der Waals surface area contributed by atoms with Crippen molar-refractivity contribution < 1.29 is 14.7 Å². The Bertz CT molecular complexity index is 2240. The molecule has 1 aliphatic carbocycles. The normalized spacial score (nSPS) is 20.2. The molecular weight excluding hydrogens is 764 g/mol. The van der Waals surface area contributed by atoms with E-state index in [0.29, 0.717) is 6.42 Å². The Morgan fingerprint density at radius 2 is 0.754 bits per heavy atom. The molecule has 4 aromatic rings. The van der Waals surface area contributed by atoms with Gasteiger partial charge in [0.15, 0.2) is 5.16 Å². The third-order valence-corrected chi connectivity index (χ3v) is 19.9. The molecule has 1 fully saturated rings. The van der Waals surface area contributed by atoms with Crippen molar-refractivity contribution in [1.29, 1.82) is 0 Å². The summed E-state index contributed by atoms with van der Waals surface area (Å²) in [5, 5.41) is 3.53. The molecule has 5 rings (SSSR count). The predicted molar refractivity (Wildman–Crippen MR) is 269 cm³/mol. The third-order valence-electron chi connectivity index (χ3n) is 17.9. The summed E-state index contributed by atoms with van der Waals surface area (Å²) >= 11 is 0. The van der Waals surface area contributed by atoms with Crippen molar-refractivity contribution in [3.05, 3.63) is 93.0 Å². The molecule has 338 valence electrons. The van der Waals surface area contributed by atoms with E-state index in [1.165, 1.54) is 54.9 Å². The van der Waals surface area contributed by atoms with Crippen LogP contribution in [-0.2, 0) is 43.1 Å². The van der Waals surface area contributed by atoms with Crippen molar-refractivity contribution in [2.75, 3.05) is 0 Å². The molecule has 0 heterocycles. The van der Waals surface area contributed by atoms with E-state index in [-0.39, 0.29) is 32.5 Å². The van der Waals surface area contributed by atoms with E-state index in [9.17, 15) is 14.7 Å². The van der Waals surface area contributed by atoms with Gasteiger partial charge in [-0.05, 0) is 163 Å². The fourth-order valence-corrected chi connectivity index (χ4v) is 12.4. The highest BCUT2D eigenvalue weighted by Crippen LogP contribution is 2.76. The Kier molecular flexibility index (Phi) is 13.5. The van der Waals surface area contributed by atoms with Crippen molar-refractivity contribution in [2.45, 2.75) is 239 Å². The molecule has 61 heavy (non-hydrogen) atoms. The summed E-state index contributed by atoms with van der Waals surface area (Å²) < 4.78 is 0. The van der Waals surface area contributed by atoms with Crippen LogP contribution in [-0.4, -0.2) is 14.7 Å². The third kappa shape index (κ3) is 8.32. The van der Waals surface area contributed by atoms with Gasteiger partial charge in [-0.2, -0.15) is 14.7 Å². The molecule has 0 amide bonds. The summed E-state index contributed by atoms with van der Waals surface area (Å²) in [6, 6.07) is 19.5. The van der Waals surface area contributed by atoms with Crippen molar-refractivity contribution in [3.63, 3.8) is 0 Å². The average Bonchev–Trinajstić information content (AvgIpc) is 3.21. The monoisotopic (exact) mass is 852 g/mol. The van der Waals surface area contributed by atoms with Gasteiger partial charge in [0.25, 0.3) is 0 Å². The van der Waals surface area contributed by atoms with E-state index in [1.807, 2.05) is 0 Å². The van der Waals surface area contributed by atoms with Crippen LogP contribution < -0.4 is 0 Å². The van der Waals surface area contributed by atoms with Crippen LogP contribution in [0.1, 0.15) is 240 Å². The molecule has 4 heteroatoms. The van der Waals surface area contributed by atoms with E-state index in [0.717, 1.165) is 68.9 Å². The first-order chi connectivity index (χ1) is 27.9. The lowest BCUT2D eigenvalue weighted by Gasteiger charge is -2.53. The number of fused-ring (bicyclic) bond motifs is 2. The first kappa shape index (κ1) is 49.7. The maximum atomic E-state index is 12.7. The second-order valence-electron chi connectivity index (χ2n) is 23.7. The number of hydrogen-bond acceptors (Lipinski definition) is 3. The molecule has 0 saturated heterocycles. The van der Waals surface area contributed by atoms with Gasteiger partial charge in [0.2, 0.25) is 0 Å². The van der Waals surface area contributed by atoms with Gasteiger partial charge in [0.1, 0.15) is 0 Å². The van der Waals surface area contributed by atoms with Crippen molar-refractivity contribution >= 4 is 29.5 Å². The van der Waals surface area contributed by atoms with Crippen molar-refractivity contribution in [1.82, 2.24) is 0 Å². The lowest BCUT2D eigenvalue weighted by Crippen LogP contribution is -2.52. The Morgan fingerprint density at radius 1 is 0.426 bits per heavy atom. The molecule has 3 N–H and O–H groups in total. The Balaban J connectivity index is 2.08. The second kappa shape index (κ2) is 16.6. The van der Waals surface area contributed by atoms with Crippen molar-refractivity contribution in [2.24, 2.45) is 0 Å². The summed E-state index contributed by atoms with van der Waals surface area (Å²) in [6.07, 6.45) is 8.82. The maximum absolute atomic E-state index is 12.7. The van der Waals surface area contributed by atoms with Gasteiger partial charge in [-0.15, -0.1) is 0 Å². The van der Waals surface area contributed by atoms with E-state index >= 15 is 0 Å². The quantitative estimate of drug-likeness (QED) is 0.104. The van der Waals surface area contributed by atoms with Gasteiger partial charge < -0.3 is 0 Å². The fraction of sp³-hybridized carbons (Fsp3) is 0.649. The highest BCUT2D eigenvalue weighted by Gasteiger charge is 2.71. The standard InChI is InChI=1S/C57H88O3P/c1-20-50(7,8)40-30-38-32-46(54(15,16)24-5)48(36-42(38)44(34-40)52(11,12)22-3)56(19)28-26-27-29-57(56,61(58,59)60)49-37-43-39(33-47(49)55(17,18)25-6)31-41(51(9,10)21-2)35-45(43)53(13,14)23-4/h30-37,58-60H,20-29H2,1-19H3/q+1. The van der Waals surface area contributed by atoms with E-state index in [4.69, 9.17) is 0 Å². The average molecular weight is 852 g/mol. The van der Waals surface area contributed by atoms with Crippen LogP contribution in [0.25, 0.3) is 21.5 Å². The Labute approximate surface area is 374 Å². The Morgan fingerprint density at radius 3 is 1.11 bits per heavy atom. The highest BCUT2D eigenvalue weighted by molar-refractivity contribution is 7.60. The molecule has 2 atom stereocenters. The van der Waals surface area contributed by atoms with Gasteiger partial charge >= 0.3 is 7.94 Å². The fourth-order valence-electron chi connectivity index (χ4n) is 10.6. The minimum atomic E-state index is -4.64. The van der Waals surface area contributed by atoms with Crippen LogP contribution in [0, 0.1) is 0 Å². The van der Waals surface area contributed by atoms with E-state index in [1.54, 1.807) is 0 Å². The number of benzene rings is 4. The lowest BCUT2D eigenvalue weighted by atomic mass is 9.56. The largest absolute Gasteiger partial charge is 0.415 e. The zero-order valence-electron chi connectivity index (χ0n) is 42.5. The molecule has 1 saturated carbocycles. The zero-order valence-corrected chi connectivity index (χ0v) is 43.4. The Hall–Kier alpha value is -2.29. The summed E-state index contributed by atoms with van der Waals surface area (Å²) in [5.41, 5.74) is 8.28.